The first-order valence-corrected chi connectivity index (χ1v) is 8.01. The molecule has 0 bridgehead atoms. The molecule has 3 nitrogen and oxygen atoms in total. The molecule has 1 heterocycles. The molecule has 0 amide bonds. The number of rotatable bonds is 3. The maximum atomic E-state index is 11.9. The monoisotopic (exact) mass is 358 g/mol. The molecule has 1 N–H and O–H groups in total. The van der Waals surface area contributed by atoms with Gasteiger partial charge in [-0.05, 0) is 67.0 Å². The Labute approximate surface area is 121 Å². The summed E-state index contributed by atoms with van der Waals surface area (Å²) in [7, 11) is 0. The zero-order valence-corrected chi connectivity index (χ0v) is 12.9. The van der Waals surface area contributed by atoms with Gasteiger partial charge in [-0.2, -0.15) is 0 Å². The normalized spacial score (nSPS) is 20.8. The van der Waals surface area contributed by atoms with Crippen molar-refractivity contribution in [2.45, 2.75) is 51.4 Å². The number of aromatic nitrogens is 2. The highest BCUT2D eigenvalue weighted by atomic mass is 127. The second-order valence-corrected chi connectivity index (χ2v) is 6.84. The van der Waals surface area contributed by atoms with Crippen LogP contribution in [0.2, 0.25) is 0 Å². The van der Waals surface area contributed by atoms with Crippen LogP contribution in [0.1, 0.15) is 56.0 Å². The minimum atomic E-state index is 0.0433. The number of aryl methyl sites for hydroxylation is 1. The molecule has 2 aliphatic rings. The second-order valence-electron chi connectivity index (χ2n) is 5.76. The number of H-pyrrole nitrogens is 1. The van der Waals surface area contributed by atoms with Crippen LogP contribution in [0.25, 0.3) is 0 Å². The van der Waals surface area contributed by atoms with E-state index in [0.29, 0.717) is 5.92 Å². The van der Waals surface area contributed by atoms with Crippen molar-refractivity contribution in [3.05, 3.63) is 25.4 Å². The number of hydrogen-bond acceptors (Lipinski definition) is 2. The molecule has 18 heavy (non-hydrogen) atoms. The summed E-state index contributed by atoms with van der Waals surface area (Å²) in [4.78, 5) is 19.6. The van der Waals surface area contributed by atoms with E-state index < -0.39 is 0 Å². The summed E-state index contributed by atoms with van der Waals surface area (Å²) in [5.74, 6) is 3.00. The Bertz CT molecular complexity index is 489. The average Bonchev–Trinajstić information content (AvgIpc) is 2.19. The predicted molar refractivity (Wildman–Crippen MR) is 79.7 cm³/mol. The molecule has 0 radical (unpaired) electrons. The van der Waals surface area contributed by atoms with Gasteiger partial charge in [0.15, 0.2) is 0 Å². The van der Waals surface area contributed by atoms with Crippen LogP contribution >= 0.6 is 22.6 Å². The zero-order chi connectivity index (χ0) is 12.7. The Morgan fingerprint density at radius 2 is 1.78 bits per heavy atom. The highest BCUT2D eigenvalue weighted by Crippen LogP contribution is 2.48. The van der Waals surface area contributed by atoms with Gasteiger partial charge in [0, 0.05) is 5.92 Å². The van der Waals surface area contributed by atoms with Gasteiger partial charge in [-0.1, -0.05) is 12.8 Å². The highest BCUT2D eigenvalue weighted by Gasteiger charge is 2.38. The van der Waals surface area contributed by atoms with Crippen LogP contribution in [-0.4, -0.2) is 9.97 Å². The van der Waals surface area contributed by atoms with E-state index in [1.54, 1.807) is 0 Å². The van der Waals surface area contributed by atoms with Gasteiger partial charge in [-0.25, -0.2) is 4.98 Å². The van der Waals surface area contributed by atoms with E-state index in [1.165, 1.54) is 38.5 Å². The van der Waals surface area contributed by atoms with Crippen molar-refractivity contribution in [2.24, 2.45) is 11.8 Å². The van der Waals surface area contributed by atoms with Crippen molar-refractivity contribution in [3.8, 4) is 0 Å². The topological polar surface area (TPSA) is 45.8 Å². The molecule has 0 aromatic carbocycles. The van der Waals surface area contributed by atoms with Gasteiger partial charge < -0.3 is 4.98 Å². The molecule has 0 saturated heterocycles. The summed E-state index contributed by atoms with van der Waals surface area (Å²) in [6.45, 7) is 1.94. The average molecular weight is 358 g/mol. The van der Waals surface area contributed by atoms with E-state index in [4.69, 9.17) is 0 Å². The Morgan fingerprint density at radius 1 is 1.22 bits per heavy atom. The quantitative estimate of drug-likeness (QED) is 0.843. The van der Waals surface area contributed by atoms with Crippen molar-refractivity contribution >= 4 is 22.6 Å². The van der Waals surface area contributed by atoms with Crippen LogP contribution in [-0.2, 0) is 0 Å². The van der Waals surface area contributed by atoms with Gasteiger partial charge in [0.2, 0.25) is 0 Å². The molecular formula is C14H19IN2O. The van der Waals surface area contributed by atoms with E-state index in [2.05, 4.69) is 32.6 Å². The van der Waals surface area contributed by atoms with Crippen molar-refractivity contribution in [1.82, 2.24) is 9.97 Å². The summed E-state index contributed by atoms with van der Waals surface area (Å²) < 4.78 is 0.734. The molecular weight excluding hydrogens is 339 g/mol. The number of halogens is 1. The van der Waals surface area contributed by atoms with Crippen molar-refractivity contribution < 1.29 is 0 Å². The van der Waals surface area contributed by atoms with Crippen LogP contribution in [0, 0.1) is 22.3 Å². The second kappa shape index (κ2) is 4.94. The zero-order valence-electron chi connectivity index (χ0n) is 10.7. The number of nitrogens with one attached hydrogen (secondary N) is 1. The van der Waals surface area contributed by atoms with Crippen LogP contribution < -0.4 is 5.56 Å². The summed E-state index contributed by atoms with van der Waals surface area (Å²) in [5.41, 5.74) is 0.930. The summed E-state index contributed by atoms with van der Waals surface area (Å²) in [6, 6.07) is 0. The number of aromatic amines is 1. The van der Waals surface area contributed by atoms with Gasteiger partial charge in [-0.15, -0.1) is 0 Å². The van der Waals surface area contributed by atoms with Crippen LogP contribution in [0.3, 0.4) is 0 Å². The first-order valence-electron chi connectivity index (χ1n) is 6.93. The lowest BCUT2D eigenvalue weighted by molar-refractivity contribution is 0.143. The molecule has 1 aromatic rings. The van der Waals surface area contributed by atoms with Gasteiger partial charge in [0.25, 0.3) is 5.56 Å². The smallest absolute Gasteiger partial charge is 0.264 e. The highest BCUT2D eigenvalue weighted by molar-refractivity contribution is 14.1. The molecule has 0 unspecified atom stereocenters. The maximum Gasteiger partial charge on any atom is 0.264 e. The summed E-state index contributed by atoms with van der Waals surface area (Å²) >= 11 is 2.08. The van der Waals surface area contributed by atoms with Gasteiger partial charge in [0.1, 0.15) is 5.82 Å². The molecule has 1 aromatic heterocycles. The fourth-order valence-electron chi connectivity index (χ4n) is 3.18. The van der Waals surface area contributed by atoms with Crippen LogP contribution in [0.15, 0.2) is 4.79 Å². The Hall–Kier alpha value is -0.390. The Kier molecular flexibility index (Phi) is 3.47. The molecule has 0 spiro atoms. The minimum Gasteiger partial charge on any atom is -0.309 e. The molecule has 3 rings (SSSR count). The van der Waals surface area contributed by atoms with E-state index >= 15 is 0 Å². The van der Waals surface area contributed by atoms with Crippen molar-refractivity contribution in [2.75, 3.05) is 0 Å². The minimum absolute atomic E-state index is 0.0433. The first-order chi connectivity index (χ1) is 8.66. The molecule has 0 aliphatic heterocycles. The maximum absolute atomic E-state index is 11.9. The number of hydrogen-bond donors (Lipinski definition) is 1. The Morgan fingerprint density at radius 3 is 2.17 bits per heavy atom. The molecule has 2 aliphatic carbocycles. The molecule has 4 heteroatoms. The van der Waals surface area contributed by atoms with Gasteiger partial charge >= 0.3 is 0 Å². The Balaban J connectivity index is 1.96. The molecule has 2 saturated carbocycles. The van der Waals surface area contributed by atoms with E-state index in [9.17, 15) is 4.79 Å². The van der Waals surface area contributed by atoms with Gasteiger partial charge in [-0.3, -0.25) is 4.79 Å². The summed E-state index contributed by atoms with van der Waals surface area (Å²) in [5, 5.41) is 0. The standard InChI is InChI=1S/C14H19IN2O/c1-8-12(15)14(18)17-13(16-8)11(9-4-2-5-9)10-6-3-7-10/h9-11H,2-7H2,1H3,(H,16,17,18). The van der Waals surface area contributed by atoms with Gasteiger partial charge in [0.05, 0.1) is 9.26 Å². The largest absolute Gasteiger partial charge is 0.309 e. The lowest BCUT2D eigenvalue weighted by Gasteiger charge is -2.41. The van der Waals surface area contributed by atoms with E-state index in [-0.39, 0.29) is 5.56 Å². The fourth-order valence-corrected chi connectivity index (χ4v) is 3.44. The van der Waals surface area contributed by atoms with E-state index in [1.807, 2.05) is 6.92 Å². The lowest BCUT2D eigenvalue weighted by Crippen LogP contribution is -2.33. The molecule has 0 atom stereocenters. The fraction of sp³-hybridized carbons (Fsp3) is 0.714. The molecule has 98 valence electrons. The van der Waals surface area contributed by atoms with Crippen LogP contribution in [0.5, 0.6) is 0 Å². The third-order valence-electron chi connectivity index (χ3n) is 4.68. The van der Waals surface area contributed by atoms with Crippen molar-refractivity contribution in [3.63, 3.8) is 0 Å². The summed E-state index contributed by atoms with van der Waals surface area (Å²) in [6.07, 6.45) is 7.96. The third kappa shape index (κ3) is 2.12. The SMILES string of the molecule is Cc1nc(C(C2CCC2)C2CCC2)[nH]c(=O)c1I. The number of nitrogens with zero attached hydrogens (tertiary/aromatic N) is 1. The van der Waals surface area contributed by atoms with Crippen LogP contribution in [0.4, 0.5) is 0 Å². The molecule has 2 fully saturated rings. The third-order valence-corrected chi connectivity index (χ3v) is 5.95. The van der Waals surface area contributed by atoms with Crippen molar-refractivity contribution in [1.29, 1.82) is 0 Å². The predicted octanol–water partition coefficient (Wildman–Crippen LogP) is 3.37. The van der Waals surface area contributed by atoms with E-state index in [0.717, 1.165) is 26.9 Å². The lowest BCUT2D eigenvalue weighted by atomic mass is 9.64. The first kappa shape index (κ1) is 12.6.